The van der Waals surface area contributed by atoms with E-state index in [1.54, 1.807) is 0 Å². The molecular formula is C43H90O5Sn2. The van der Waals surface area contributed by atoms with Gasteiger partial charge in [0, 0.05) is 0 Å². The molecule has 0 aromatic heterocycles. The predicted molar refractivity (Wildman–Crippen MR) is 224 cm³/mol. The molecule has 0 radical (unpaired) electrons. The van der Waals surface area contributed by atoms with Crippen molar-refractivity contribution in [3.05, 3.63) is 0 Å². The van der Waals surface area contributed by atoms with Crippen LogP contribution in [0.3, 0.4) is 0 Å². The summed E-state index contributed by atoms with van der Waals surface area (Å²) >= 11 is -5.56. The van der Waals surface area contributed by atoms with E-state index in [0.29, 0.717) is 17.0 Å². The van der Waals surface area contributed by atoms with E-state index >= 15 is 0 Å². The number of ether oxygens (including phenoxy) is 2. The second-order valence-corrected chi connectivity index (χ2v) is 39.0. The van der Waals surface area contributed by atoms with E-state index in [9.17, 15) is 9.90 Å². The van der Waals surface area contributed by atoms with Crippen molar-refractivity contribution in [1.82, 2.24) is 0 Å². The van der Waals surface area contributed by atoms with Gasteiger partial charge in [0.15, 0.2) is 0 Å². The van der Waals surface area contributed by atoms with Crippen LogP contribution in [0.4, 0.5) is 4.79 Å². The van der Waals surface area contributed by atoms with Gasteiger partial charge < -0.3 is 0 Å². The Morgan fingerprint density at radius 1 is 0.540 bits per heavy atom. The molecule has 0 aromatic rings. The summed E-state index contributed by atoms with van der Waals surface area (Å²) in [7, 11) is 0. The zero-order chi connectivity index (χ0) is 37.0. The summed E-state index contributed by atoms with van der Waals surface area (Å²) in [5, 5.41) is 9.75. The molecule has 300 valence electrons. The van der Waals surface area contributed by atoms with Crippen molar-refractivity contribution in [2.24, 2.45) is 0 Å². The van der Waals surface area contributed by atoms with Gasteiger partial charge in [-0.2, -0.15) is 0 Å². The Balaban J connectivity index is 6.35. The van der Waals surface area contributed by atoms with Gasteiger partial charge in [-0.25, -0.2) is 0 Å². The van der Waals surface area contributed by atoms with E-state index in [1.165, 1.54) is 172 Å². The number of carbonyl (C=O) groups is 1. The van der Waals surface area contributed by atoms with Gasteiger partial charge in [-0.3, -0.25) is 0 Å². The van der Waals surface area contributed by atoms with E-state index in [4.69, 9.17) is 10.9 Å². The number of unbranched alkanes of at least 4 members (excludes halogenated alkanes) is 22. The van der Waals surface area contributed by atoms with Gasteiger partial charge in [0.25, 0.3) is 0 Å². The molecule has 0 rings (SSSR count). The first kappa shape index (κ1) is 50.8. The van der Waals surface area contributed by atoms with Gasteiger partial charge in [0.05, 0.1) is 0 Å². The molecule has 5 nitrogen and oxygen atoms in total. The molecule has 0 spiro atoms. The second-order valence-electron chi connectivity index (χ2n) is 15.7. The molecule has 0 bridgehead atoms. The number of carboxylic acid groups (broad SMARTS) is 1. The van der Waals surface area contributed by atoms with Crippen molar-refractivity contribution >= 4 is 45.1 Å². The van der Waals surface area contributed by atoms with Gasteiger partial charge >= 0.3 is 328 Å². The van der Waals surface area contributed by atoms with Crippen LogP contribution in [0.5, 0.6) is 0 Å². The second kappa shape index (κ2) is 38.1. The van der Waals surface area contributed by atoms with Gasteiger partial charge in [-0.15, -0.1) is 0 Å². The van der Waals surface area contributed by atoms with Crippen LogP contribution in [0.2, 0.25) is 21.7 Å². The maximum atomic E-state index is 11.9. The first-order valence-corrected chi connectivity index (χ1v) is 35.5. The van der Waals surface area contributed by atoms with Gasteiger partial charge in [0.2, 0.25) is 0 Å². The Labute approximate surface area is 326 Å². The summed E-state index contributed by atoms with van der Waals surface area (Å²) < 4.78 is 25.8. The normalized spacial score (nSPS) is 13.3. The third-order valence-electron chi connectivity index (χ3n) is 11.1. The average Bonchev–Trinajstić information content (AvgIpc) is 3.10. The predicted octanol–water partition coefficient (Wildman–Crippen LogP) is 15.5. The van der Waals surface area contributed by atoms with E-state index in [1.807, 2.05) is 0 Å². The molecule has 0 saturated heterocycles. The maximum absolute atomic E-state index is 11.9. The van der Waals surface area contributed by atoms with Gasteiger partial charge in [0.1, 0.15) is 0 Å². The summed E-state index contributed by atoms with van der Waals surface area (Å²) in [5.74, 6) is 0. The van der Waals surface area contributed by atoms with Crippen molar-refractivity contribution < 1.29 is 20.8 Å². The van der Waals surface area contributed by atoms with Crippen molar-refractivity contribution in [3.63, 3.8) is 0 Å². The molecule has 0 aromatic carbocycles. The molecular weight excluding hydrogens is 834 g/mol. The molecule has 0 heterocycles. The molecule has 50 heavy (non-hydrogen) atoms. The van der Waals surface area contributed by atoms with Crippen LogP contribution in [0, 0.1) is 0 Å². The fourth-order valence-electron chi connectivity index (χ4n) is 7.87. The van der Waals surface area contributed by atoms with E-state index < -0.39 is 51.4 Å². The molecule has 0 amide bonds. The zero-order valence-corrected chi connectivity index (χ0v) is 41.0. The van der Waals surface area contributed by atoms with Crippen molar-refractivity contribution in [2.45, 2.75) is 256 Å². The van der Waals surface area contributed by atoms with Crippen molar-refractivity contribution in [1.29, 1.82) is 0 Å². The average molecular weight is 925 g/mol. The standard InChI is InChI=1S/C11H21O4.4C8H17.O.2Sn.H/c1-3-5-7-9-14-10(8-6-4-2)15-11(12)13;4*1-3-5-7-8-6-4-2;;;;/h6,10H,3-5,7-9H2,1-2H3,(H,12,13);4*1,3-8H2,2H3;;;;. The number of rotatable bonds is 40. The third-order valence-corrected chi connectivity index (χ3v) is 47.7. The minimum absolute atomic E-state index is 0.458. The van der Waals surface area contributed by atoms with E-state index in [0.717, 1.165) is 25.7 Å². The fraction of sp³-hybridized carbons (Fsp3) is 0.977. The topological polar surface area (TPSA) is 65.0 Å². The van der Waals surface area contributed by atoms with Crippen LogP contribution in [0.15, 0.2) is 0 Å². The summed E-state index contributed by atoms with van der Waals surface area (Å²) in [6, 6.07) is 0. The monoisotopic (exact) mass is 926 g/mol. The van der Waals surface area contributed by atoms with Crippen LogP contribution in [-0.4, -0.2) is 63.1 Å². The zero-order valence-electron chi connectivity index (χ0n) is 34.9. The Kier molecular flexibility index (Phi) is 38.7. The Morgan fingerprint density at radius 3 is 1.32 bits per heavy atom. The summed E-state index contributed by atoms with van der Waals surface area (Å²) in [6.07, 6.45) is 35.5. The molecule has 2 atom stereocenters. The Bertz CT molecular complexity index is 677. The van der Waals surface area contributed by atoms with E-state index in [-0.39, 0.29) is 0 Å². The molecule has 0 fully saturated rings. The summed E-state index contributed by atoms with van der Waals surface area (Å²) in [5.41, 5.74) is 0. The summed E-state index contributed by atoms with van der Waals surface area (Å²) in [6.45, 7) is 14.4. The molecule has 0 aliphatic carbocycles. The van der Waals surface area contributed by atoms with Crippen LogP contribution >= 0.6 is 0 Å². The molecule has 2 unspecified atom stereocenters. The number of hydrogen-bond acceptors (Lipinski definition) is 4. The van der Waals surface area contributed by atoms with Crippen LogP contribution in [0.1, 0.15) is 228 Å². The molecule has 0 saturated carbocycles. The molecule has 1 N–H and O–H groups in total. The number of hydrogen-bond donors (Lipinski definition) is 1. The Hall–Kier alpha value is 0.787. The van der Waals surface area contributed by atoms with Crippen LogP contribution in [-0.2, 0) is 10.9 Å². The Morgan fingerprint density at radius 2 is 0.920 bits per heavy atom. The van der Waals surface area contributed by atoms with Gasteiger partial charge in [-0.05, 0) is 0 Å². The van der Waals surface area contributed by atoms with Gasteiger partial charge in [-0.1, -0.05) is 0 Å². The van der Waals surface area contributed by atoms with Crippen LogP contribution < -0.4 is 0 Å². The van der Waals surface area contributed by atoms with Crippen LogP contribution in [0.25, 0.3) is 0 Å². The van der Waals surface area contributed by atoms with Crippen molar-refractivity contribution in [3.8, 4) is 0 Å². The first-order valence-electron chi connectivity index (χ1n) is 22.6. The SMILES string of the molecule is CCCCCCC[CH2][SnH]([CH2]CCCCCCC)[O][Sn]([CH2]CCCCCCC)([CH2]CCCCCCC)[CH](CC)CC(OCCCCC)OC(=O)O. The van der Waals surface area contributed by atoms with E-state index in [2.05, 4.69) is 41.5 Å². The molecule has 0 aliphatic heterocycles. The fourth-order valence-corrected chi connectivity index (χ4v) is 53.9. The third kappa shape index (κ3) is 29.2. The first-order chi connectivity index (χ1) is 24.4. The van der Waals surface area contributed by atoms with Crippen molar-refractivity contribution in [2.75, 3.05) is 6.61 Å². The molecule has 7 heteroatoms. The molecule has 0 aliphatic rings. The minimum atomic E-state index is -3.26. The quantitative estimate of drug-likeness (QED) is 0.0287. The summed E-state index contributed by atoms with van der Waals surface area (Å²) in [4.78, 5) is 11.9.